The summed E-state index contributed by atoms with van der Waals surface area (Å²) in [6.07, 6.45) is 1.76. The number of hydrazine groups is 1. The molecule has 0 spiro atoms. The van der Waals surface area contributed by atoms with E-state index in [0.29, 0.717) is 17.5 Å². The van der Waals surface area contributed by atoms with Crippen molar-refractivity contribution in [2.24, 2.45) is 0 Å². The first-order valence-electron chi connectivity index (χ1n) is 8.38. The molecule has 4 nitrogen and oxygen atoms in total. The number of benzene rings is 3. The molecule has 3 aromatic carbocycles. The average molecular weight is 380 g/mol. The fraction of sp³-hybridized carbons (Fsp3) is 0.0476. The molecular weight excluding hydrogens is 361 g/mol. The van der Waals surface area contributed by atoms with Gasteiger partial charge in [0.05, 0.1) is 5.56 Å². The number of para-hydroxylation sites is 2. The monoisotopic (exact) mass is 380 g/mol. The molecule has 0 saturated heterocycles. The van der Waals surface area contributed by atoms with Gasteiger partial charge in [-0.3, -0.25) is 0 Å². The van der Waals surface area contributed by atoms with E-state index in [9.17, 15) is 4.39 Å². The van der Waals surface area contributed by atoms with Crippen LogP contribution in [0.25, 0.3) is 0 Å². The lowest BCUT2D eigenvalue weighted by Crippen LogP contribution is -2.82. The van der Waals surface area contributed by atoms with Gasteiger partial charge in [0.25, 0.3) is 0 Å². The topological polar surface area (TPSA) is 47.3 Å². The van der Waals surface area contributed by atoms with Gasteiger partial charge in [-0.25, -0.2) is 4.39 Å². The minimum atomic E-state index is -0.261. The molecule has 0 amide bonds. The molecule has 3 N–H and O–H groups in total. The minimum Gasteiger partial charge on any atom is -0.488 e. The third-order valence-electron chi connectivity index (χ3n) is 3.67. The lowest BCUT2D eigenvalue weighted by atomic mass is 10.2. The third-order valence-corrected chi connectivity index (χ3v) is 3.88. The van der Waals surface area contributed by atoms with Gasteiger partial charge in [0.1, 0.15) is 18.2 Å². The maximum Gasteiger partial charge on any atom is 0.228 e. The molecule has 0 unspecified atom stereocenters. The van der Waals surface area contributed by atoms with Gasteiger partial charge in [-0.05, 0) is 54.2 Å². The van der Waals surface area contributed by atoms with Crippen molar-refractivity contribution in [3.8, 4) is 5.75 Å². The van der Waals surface area contributed by atoms with Crippen molar-refractivity contribution in [2.45, 2.75) is 6.61 Å². The maximum atomic E-state index is 13.0. The fourth-order valence-corrected chi connectivity index (χ4v) is 2.51. The number of ether oxygens (including phenoxy) is 1. The number of hydrogen-bond acceptors (Lipinski definition) is 2. The van der Waals surface area contributed by atoms with Gasteiger partial charge >= 0.3 is 0 Å². The molecule has 0 aliphatic rings. The zero-order chi connectivity index (χ0) is 18.9. The minimum absolute atomic E-state index is 0.261. The van der Waals surface area contributed by atoms with Crippen LogP contribution in [-0.2, 0) is 6.61 Å². The summed E-state index contributed by atoms with van der Waals surface area (Å²) in [6.45, 7) is 0.354. The van der Waals surface area contributed by atoms with Crippen LogP contribution in [0.2, 0.25) is 0 Å². The predicted octanol–water partition coefficient (Wildman–Crippen LogP) is 2.81. The standard InChI is InChI=1S/C21H18FN3OS/c22-18-12-10-16(11-13-18)15-26-20-9-5-4-6-17(20)14-23-25-21(27)24-19-7-2-1-3-8-19/h1-14H,15H2,(H2,24,25,27)/p+1. The second-order valence-electron chi connectivity index (χ2n) is 5.69. The van der Waals surface area contributed by atoms with Crippen molar-refractivity contribution in [3.05, 3.63) is 95.8 Å². The molecule has 0 radical (unpaired) electrons. The molecule has 0 fully saturated rings. The summed E-state index contributed by atoms with van der Waals surface area (Å²) in [4.78, 5) is 0. The zero-order valence-corrected chi connectivity index (χ0v) is 15.3. The van der Waals surface area contributed by atoms with E-state index < -0.39 is 0 Å². The van der Waals surface area contributed by atoms with Crippen LogP contribution in [0.15, 0.2) is 78.9 Å². The lowest BCUT2D eigenvalue weighted by molar-refractivity contribution is -0.499. The normalized spacial score (nSPS) is 10.6. The van der Waals surface area contributed by atoms with Gasteiger partial charge in [0.15, 0.2) is 0 Å². The van der Waals surface area contributed by atoms with Gasteiger partial charge in [-0.1, -0.05) is 42.5 Å². The first-order chi connectivity index (χ1) is 13.2. The Balaban J connectivity index is 1.57. The Labute approximate surface area is 162 Å². The summed E-state index contributed by atoms with van der Waals surface area (Å²) < 4.78 is 18.8. The Kier molecular flexibility index (Phi) is 6.49. The molecule has 0 saturated carbocycles. The molecule has 6 heteroatoms. The summed E-state index contributed by atoms with van der Waals surface area (Å²) in [5.74, 6) is 0.445. The van der Waals surface area contributed by atoms with Crippen LogP contribution in [0.3, 0.4) is 0 Å². The lowest BCUT2D eigenvalue weighted by Gasteiger charge is -2.08. The number of nitrogens with one attached hydrogen (secondary N) is 3. The summed E-state index contributed by atoms with van der Waals surface area (Å²) >= 11 is 5.24. The third kappa shape index (κ3) is 5.90. The summed E-state index contributed by atoms with van der Waals surface area (Å²) in [7, 11) is 0. The smallest absolute Gasteiger partial charge is 0.228 e. The highest BCUT2D eigenvalue weighted by atomic mass is 32.1. The Morgan fingerprint density at radius 2 is 1.67 bits per heavy atom. The largest absolute Gasteiger partial charge is 0.488 e. The molecule has 3 rings (SSSR count). The molecule has 27 heavy (non-hydrogen) atoms. The van der Waals surface area contributed by atoms with Gasteiger partial charge in [-0.2, -0.15) is 0 Å². The van der Waals surface area contributed by atoms with Crippen molar-refractivity contribution in [1.82, 2.24) is 5.43 Å². The predicted molar refractivity (Wildman–Crippen MR) is 109 cm³/mol. The molecular formula is C21H19FN3OS+. The van der Waals surface area contributed by atoms with Crippen LogP contribution in [-0.4, -0.2) is 11.3 Å². The number of hydrazone groups is 1. The van der Waals surface area contributed by atoms with Crippen LogP contribution in [0.5, 0.6) is 5.75 Å². The van der Waals surface area contributed by atoms with Crippen molar-refractivity contribution < 1.29 is 14.2 Å². The first kappa shape index (κ1) is 18.5. The van der Waals surface area contributed by atoms with Gasteiger partial charge in [0.2, 0.25) is 11.3 Å². The molecule has 0 aliphatic heterocycles. The van der Waals surface area contributed by atoms with E-state index in [0.717, 1.165) is 16.8 Å². The average Bonchev–Trinajstić information content (AvgIpc) is 2.69. The molecule has 0 atom stereocenters. The fourth-order valence-electron chi connectivity index (χ4n) is 2.34. The quantitative estimate of drug-likeness (QED) is 0.350. The molecule has 0 aliphatic carbocycles. The maximum absolute atomic E-state index is 13.0. The van der Waals surface area contributed by atoms with Gasteiger partial charge < -0.3 is 10.1 Å². The molecule has 0 heterocycles. The zero-order valence-electron chi connectivity index (χ0n) is 14.5. The van der Waals surface area contributed by atoms with Crippen LogP contribution in [0, 0.1) is 5.82 Å². The number of anilines is 1. The van der Waals surface area contributed by atoms with E-state index in [2.05, 4.69) is 15.8 Å². The van der Waals surface area contributed by atoms with Gasteiger partial charge in [0, 0.05) is 5.69 Å². The van der Waals surface area contributed by atoms with E-state index in [-0.39, 0.29) is 5.82 Å². The van der Waals surface area contributed by atoms with Crippen molar-refractivity contribution >= 4 is 29.2 Å². The highest BCUT2D eigenvalue weighted by molar-refractivity contribution is 7.80. The summed E-state index contributed by atoms with van der Waals surface area (Å²) in [6, 6.07) is 23.5. The second-order valence-corrected chi connectivity index (χ2v) is 6.10. The van der Waals surface area contributed by atoms with Crippen LogP contribution in [0.1, 0.15) is 11.1 Å². The van der Waals surface area contributed by atoms with E-state index in [4.69, 9.17) is 17.0 Å². The molecule has 136 valence electrons. The number of halogens is 1. The Morgan fingerprint density at radius 1 is 0.963 bits per heavy atom. The second kappa shape index (κ2) is 9.45. The van der Waals surface area contributed by atoms with E-state index >= 15 is 0 Å². The first-order valence-corrected chi connectivity index (χ1v) is 8.78. The van der Waals surface area contributed by atoms with Crippen LogP contribution >= 0.6 is 12.2 Å². The van der Waals surface area contributed by atoms with E-state index in [1.54, 1.807) is 18.3 Å². The highest BCUT2D eigenvalue weighted by Gasteiger charge is 2.05. The van der Waals surface area contributed by atoms with Crippen molar-refractivity contribution in [2.75, 3.05) is 5.32 Å². The molecule has 3 aromatic rings. The highest BCUT2D eigenvalue weighted by Crippen LogP contribution is 2.17. The Morgan fingerprint density at radius 3 is 2.44 bits per heavy atom. The number of hydrogen-bond donors (Lipinski definition) is 3. The van der Waals surface area contributed by atoms with Crippen LogP contribution < -0.4 is 20.6 Å². The van der Waals surface area contributed by atoms with Crippen LogP contribution in [0.4, 0.5) is 10.1 Å². The summed E-state index contributed by atoms with van der Waals surface area (Å²) in [5, 5.41) is 6.48. The van der Waals surface area contributed by atoms with Gasteiger partial charge in [-0.15, -0.1) is 10.5 Å². The summed E-state index contributed by atoms with van der Waals surface area (Å²) in [5.41, 5.74) is 5.56. The molecule has 0 bridgehead atoms. The van der Waals surface area contributed by atoms with Crippen molar-refractivity contribution in [3.63, 3.8) is 0 Å². The van der Waals surface area contributed by atoms with E-state index in [1.807, 2.05) is 54.6 Å². The Hall–Kier alpha value is -3.25. The number of rotatable bonds is 6. The SMILES string of the molecule is Fc1ccc(COc2ccccc2C=[NH+]NC(=S)Nc2ccccc2)cc1. The number of thiocarbonyl (C=S) groups is 1. The van der Waals surface area contributed by atoms with Crippen molar-refractivity contribution in [1.29, 1.82) is 0 Å². The molecule has 0 aromatic heterocycles. The Bertz CT molecular complexity index is 914. The van der Waals surface area contributed by atoms with E-state index in [1.165, 1.54) is 12.1 Å².